The highest BCUT2D eigenvalue weighted by Gasteiger charge is 2.25. The summed E-state index contributed by atoms with van der Waals surface area (Å²) in [6.07, 6.45) is 3.79. The molecule has 0 unspecified atom stereocenters. The number of rotatable bonds is 4. The molecule has 1 saturated heterocycles. The summed E-state index contributed by atoms with van der Waals surface area (Å²) >= 11 is 0. The largest absolute Gasteiger partial charge is 0.423 e. The van der Waals surface area contributed by atoms with Crippen molar-refractivity contribution in [1.29, 1.82) is 0 Å². The number of piperazine rings is 1. The third-order valence-electron chi connectivity index (χ3n) is 4.59. The number of hydrogen-bond acceptors (Lipinski definition) is 6. The summed E-state index contributed by atoms with van der Waals surface area (Å²) in [5.41, 5.74) is 1.18. The lowest BCUT2D eigenvalue weighted by atomic mass is 9.97. The van der Waals surface area contributed by atoms with Crippen molar-refractivity contribution >= 4 is 0 Å². The van der Waals surface area contributed by atoms with Gasteiger partial charge in [0, 0.05) is 50.0 Å². The van der Waals surface area contributed by atoms with Crippen LogP contribution in [0.25, 0.3) is 0 Å². The first-order chi connectivity index (χ1) is 11.4. The van der Waals surface area contributed by atoms with Crippen LogP contribution in [0.5, 0.6) is 0 Å². The minimum Gasteiger partial charge on any atom is -0.423 e. The molecule has 1 fully saturated rings. The summed E-state index contributed by atoms with van der Waals surface area (Å²) < 4.78 is 5.81. The Morgan fingerprint density at radius 1 is 1.17 bits per heavy atom. The Morgan fingerprint density at radius 3 is 2.50 bits per heavy atom. The van der Waals surface area contributed by atoms with Gasteiger partial charge in [-0.3, -0.25) is 14.8 Å². The summed E-state index contributed by atoms with van der Waals surface area (Å²) in [6, 6.07) is 4.55. The highest BCUT2D eigenvalue weighted by Crippen LogP contribution is 2.23. The smallest absolute Gasteiger partial charge is 0.230 e. The molecule has 1 aliphatic heterocycles. The van der Waals surface area contributed by atoms with Gasteiger partial charge in [0.15, 0.2) is 0 Å². The van der Waals surface area contributed by atoms with E-state index in [1.54, 1.807) is 0 Å². The molecule has 1 aliphatic rings. The molecule has 2 aromatic heterocycles. The van der Waals surface area contributed by atoms with Crippen molar-refractivity contribution in [1.82, 2.24) is 25.0 Å². The van der Waals surface area contributed by atoms with Crippen molar-refractivity contribution in [3.8, 4) is 0 Å². The van der Waals surface area contributed by atoms with Crippen LogP contribution in [0.3, 0.4) is 0 Å². The monoisotopic (exact) mass is 329 g/mol. The van der Waals surface area contributed by atoms with Crippen molar-refractivity contribution < 1.29 is 4.42 Å². The predicted molar refractivity (Wildman–Crippen MR) is 92.5 cm³/mol. The lowest BCUT2D eigenvalue weighted by Gasteiger charge is -2.37. The molecule has 1 atom stereocenters. The van der Waals surface area contributed by atoms with E-state index in [9.17, 15) is 0 Å². The number of aromatic nitrogens is 3. The van der Waals surface area contributed by atoms with E-state index in [-0.39, 0.29) is 5.41 Å². The van der Waals surface area contributed by atoms with Crippen molar-refractivity contribution in [2.45, 2.75) is 45.7 Å². The Kier molecular flexibility index (Phi) is 4.96. The van der Waals surface area contributed by atoms with Crippen molar-refractivity contribution in [3.63, 3.8) is 0 Å². The van der Waals surface area contributed by atoms with Crippen LogP contribution in [-0.2, 0) is 12.0 Å². The van der Waals surface area contributed by atoms with Crippen molar-refractivity contribution in [2.75, 3.05) is 26.2 Å². The second-order valence-electron chi connectivity index (χ2n) is 7.53. The van der Waals surface area contributed by atoms with Gasteiger partial charge in [-0.25, -0.2) is 0 Å². The molecule has 0 radical (unpaired) electrons. The fourth-order valence-electron chi connectivity index (χ4n) is 2.95. The van der Waals surface area contributed by atoms with Crippen molar-refractivity contribution in [3.05, 3.63) is 41.9 Å². The lowest BCUT2D eigenvalue weighted by molar-refractivity contribution is 0.0914. The highest BCUT2D eigenvalue weighted by molar-refractivity contribution is 5.13. The summed E-state index contributed by atoms with van der Waals surface area (Å²) in [7, 11) is 0. The van der Waals surface area contributed by atoms with Crippen LogP contribution < -0.4 is 0 Å². The Morgan fingerprint density at radius 2 is 1.92 bits per heavy atom. The van der Waals surface area contributed by atoms with Gasteiger partial charge in [0.25, 0.3) is 0 Å². The standard InChI is InChI=1S/C18H27N5O/c1-14(15-6-5-7-19-12-15)23-10-8-22(9-11-23)13-16-20-21-17(24-16)18(2,3)4/h5-7,12,14H,8-11,13H2,1-4H3/t14-/m1/s1. The molecule has 130 valence electrons. The van der Waals surface area contributed by atoms with Gasteiger partial charge in [-0.15, -0.1) is 10.2 Å². The minimum atomic E-state index is -0.0941. The molecule has 0 spiro atoms. The Balaban J connectivity index is 1.53. The van der Waals surface area contributed by atoms with Gasteiger partial charge in [-0.2, -0.15) is 0 Å². The van der Waals surface area contributed by atoms with Gasteiger partial charge >= 0.3 is 0 Å². The van der Waals surface area contributed by atoms with E-state index in [2.05, 4.69) is 58.7 Å². The first kappa shape index (κ1) is 17.0. The van der Waals surface area contributed by atoms with E-state index < -0.39 is 0 Å². The van der Waals surface area contributed by atoms with E-state index >= 15 is 0 Å². The minimum absolute atomic E-state index is 0.0941. The highest BCUT2D eigenvalue weighted by atomic mass is 16.4. The third-order valence-corrected chi connectivity index (χ3v) is 4.59. The third kappa shape index (κ3) is 3.99. The summed E-state index contributed by atoms with van der Waals surface area (Å²) in [4.78, 5) is 9.11. The molecular weight excluding hydrogens is 302 g/mol. The molecule has 3 heterocycles. The Hall–Kier alpha value is -1.79. The van der Waals surface area contributed by atoms with Gasteiger partial charge in [0.1, 0.15) is 0 Å². The maximum atomic E-state index is 5.81. The van der Waals surface area contributed by atoms with E-state index in [1.165, 1.54) is 5.56 Å². The van der Waals surface area contributed by atoms with Gasteiger partial charge in [0.2, 0.25) is 11.8 Å². The van der Waals surface area contributed by atoms with Crippen molar-refractivity contribution in [2.24, 2.45) is 0 Å². The van der Waals surface area contributed by atoms with Crippen LogP contribution in [0.15, 0.2) is 28.9 Å². The van der Waals surface area contributed by atoms with E-state index in [1.807, 2.05) is 18.5 Å². The maximum Gasteiger partial charge on any atom is 0.230 e. The molecule has 6 nitrogen and oxygen atoms in total. The number of nitrogens with zero attached hydrogens (tertiary/aromatic N) is 5. The summed E-state index contributed by atoms with van der Waals surface area (Å²) in [5.74, 6) is 1.43. The second kappa shape index (κ2) is 6.99. The van der Waals surface area contributed by atoms with Gasteiger partial charge in [-0.05, 0) is 18.6 Å². The number of hydrogen-bond donors (Lipinski definition) is 0. The van der Waals surface area contributed by atoms with Crippen LogP contribution in [0.2, 0.25) is 0 Å². The van der Waals surface area contributed by atoms with Gasteiger partial charge < -0.3 is 4.42 Å². The van der Waals surface area contributed by atoms with E-state index in [0.29, 0.717) is 17.8 Å². The molecule has 0 aliphatic carbocycles. The number of pyridine rings is 1. The molecule has 3 rings (SSSR count). The zero-order valence-electron chi connectivity index (χ0n) is 15.1. The normalized spacial score (nSPS) is 18.7. The average Bonchev–Trinajstić information content (AvgIpc) is 3.05. The fraction of sp³-hybridized carbons (Fsp3) is 0.611. The van der Waals surface area contributed by atoms with E-state index in [4.69, 9.17) is 4.42 Å². The zero-order valence-corrected chi connectivity index (χ0v) is 15.1. The fourth-order valence-corrected chi connectivity index (χ4v) is 2.95. The van der Waals surface area contributed by atoms with Crippen LogP contribution in [0.4, 0.5) is 0 Å². The van der Waals surface area contributed by atoms with Crippen LogP contribution in [0.1, 0.15) is 51.1 Å². The first-order valence-electron chi connectivity index (χ1n) is 8.62. The summed E-state index contributed by atoms with van der Waals surface area (Å²) in [6.45, 7) is 13.3. The molecule has 0 aromatic carbocycles. The SMILES string of the molecule is C[C@H](c1cccnc1)N1CCN(Cc2nnc(C(C)(C)C)o2)CC1. The maximum absolute atomic E-state index is 5.81. The van der Waals surface area contributed by atoms with E-state index in [0.717, 1.165) is 32.7 Å². The predicted octanol–water partition coefficient (Wildman–Crippen LogP) is 2.64. The lowest BCUT2D eigenvalue weighted by Crippen LogP contribution is -2.46. The summed E-state index contributed by atoms with van der Waals surface area (Å²) in [5, 5.41) is 8.37. The first-order valence-corrected chi connectivity index (χ1v) is 8.62. The Labute approximate surface area is 143 Å². The molecule has 0 amide bonds. The van der Waals surface area contributed by atoms with Gasteiger partial charge in [0.05, 0.1) is 6.54 Å². The molecule has 2 aromatic rings. The van der Waals surface area contributed by atoms with Crippen LogP contribution in [0, 0.1) is 0 Å². The van der Waals surface area contributed by atoms with Crippen LogP contribution >= 0.6 is 0 Å². The Bertz CT molecular complexity index is 641. The molecule has 0 saturated carbocycles. The zero-order chi connectivity index (χ0) is 17.2. The molecule has 6 heteroatoms. The van der Waals surface area contributed by atoms with Crippen LogP contribution in [-0.4, -0.2) is 51.2 Å². The quantitative estimate of drug-likeness (QED) is 0.859. The van der Waals surface area contributed by atoms with Gasteiger partial charge in [-0.1, -0.05) is 26.8 Å². The molecule has 0 bridgehead atoms. The molecule has 24 heavy (non-hydrogen) atoms. The molecule has 0 N–H and O–H groups in total. The average molecular weight is 329 g/mol. The second-order valence-corrected chi connectivity index (χ2v) is 7.53. The topological polar surface area (TPSA) is 58.3 Å². The molecular formula is C18H27N5O.